The molecule has 0 aromatic carbocycles. The highest BCUT2D eigenvalue weighted by Gasteiger charge is 2.16. The first kappa shape index (κ1) is 45.5. The van der Waals surface area contributed by atoms with Crippen LogP contribution in [0.2, 0.25) is 0 Å². The van der Waals surface area contributed by atoms with Gasteiger partial charge in [-0.05, 0) is 50.5 Å². The predicted molar refractivity (Wildman–Crippen MR) is 201 cm³/mol. The second-order valence-corrected chi connectivity index (χ2v) is 13.5. The first-order chi connectivity index (χ1) is 23.4. The molecule has 1 N–H and O–H groups in total. The lowest BCUT2D eigenvalue weighted by Gasteiger charge is -2.15. The van der Waals surface area contributed by atoms with Crippen molar-refractivity contribution in [2.24, 2.45) is 5.92 Å². The van der Waals surface area contributed by atoms with Gasteiger partial charge in [0.1, 0.15) is 6.61 Å². The average molecular weight is 673 g/mol. The number of ketones is 1. The van der Waals surface area contributed by atoms with Crippen molar-refractivity contribution in [2.75, 3.05) is 13.2 Å². The number of aliphatic hydroxyl groups excluding tert-OH is 1. The van der Waals surface area contributed by atoms with Crippen LogP contribution in [-0.2, 0) is 23.9 Å². The Morgan fingerprint density at radius 1 is 0.604 bits per heavy atom. The summed E-state index contributed by atoms with van der Waals surface area (Å²) in [7, 11) is 0. The lowest BCUT2D eigenvalue weighted by Crippen LogP contribution is -2.28. The van der Waals surface area contributed by atoms with Crippen LogP contribution in [-0.4, -0.2) is 42.1 Å². The van der Waals surface area contributed by atoms with E-state index in [1.807, 2.05) is 24.3 Å². The molecule has 0 fully saturated rings. The maximum atomic E-state index is 12.1. The first-order valence-corrected chi connectivity index (χ1v) is 19.5. The Hall–Kier alpha value is -2.47. The molecule has 0 aliphatic carbocycles. The van der Waals surface area contributed by atoms with E-state index in [2.05, 4.69) is 39.0 Å². The molecule has 0 aromatic heterocycles. The van der Waals surface area contributed by atoms with Gasteiger partial charge in [0.05, 0.1) is 6.61 Å². The van der Waals surface area contributed by atoms with Gasteiger partial charge in [-0.1, -0.05) is 160 Å². The molecule has 0 aliphatic heterocycles. The molecule has 0 saturated carbocycles. The van der Waals surface area contributed by atoms with Crippen LogP contribution in [0.3, 0.4) is 0 Å². The number of hydrogen-bond donors (Lipinski definition) is 1. The van der Waals surface area contributed by atoms with Gasteiger partial charge in [0.15, 0.2) is 11.9 Å². The van der Waals surface area contributed by atoms with Crippen LogP contribution in [0, 0.1) is 5.92 Å². The Kier molecular flexibility index (Phi) is 34.0. The number of carbonyl (C=O) groups is 3. The van der Waals surface area contributed by atoms with E-state index in [0.29, 0.717) is 19.3 Å². The number of esters is 2. The fourth-order valence-corrected chi connectivity index (χ4v) is 5.27. The van der Waals surface area contributed by atoms with Crippen LogP contribution in [0.15, 0.2) is 48.6 Å². The van der Waals surface area contributed by atoms with Crippen molar-refractivity contribution in [3.8, 4) is 0 Å². The SMILES string of the molecule is CCCCCC(=O)/C=C/C=C\C/C=C\C/C=C\CCCC(=O)O[C@@H](CO)COC(=O)CCCCCCCCCCCCCCCC(C)C. The number of rotatable bonds is 34. The summed E-state index contributed by atoms with van der Waals surface area (Å²) in [5, 5.41) is 9.54. The van der Waals surface area contributed by atoms with Crippen molar-refractivity contribution in [3.05, 3.63) is 48.6 Å². The minimum absolute atomic E-state index is 0.103. The molecule has 276 valence electrons. The lowest BCUT2D eigenvalue weighted by molar-refractivity contribution is -0.161. The minimum Gasteiger partial charge on any atom is -0.462 e. The Bertz CT molecular complexity index is 885. The van der Waals surface area contributed by atoms with Crippen LogP contribution in [0.5, 0.6) is 0 Å². The number of allylic oxidation sites excluding steroid dienone is 8. The van der Waals surface area contributed by atoms with Crippen molar-refractivity contribution in [1.82, 2.24) is 0 Å². The van der Waals surface area contributed by atoms with E-state index in [0.717, 1.165) is 63.7 Å². The molecule has 6 heteroatoms. The zero-order chi connectivity index (χ0) is 35.3. The molecule has 0 saturated heterocycles. The summed E-state index contributed by atoms with van der Waals surface area (Å²) in [6, 6.07) is 0. The highest BCUT2D eigenvalue weighted by atomic mass is 16.6. The van der Waals surface area contributed by atoms with Crippen LogP contribution in [0.25, 0.3) is 0 Å². The molecule has 6 nitrogen and oxygen atoms in total. The molecular weight excluding hydrogens is 600 g/mol. The maximum absolute atomic E-state index is 12.1. The maximum Gasteiger partial charge on any atom is 0.306 e. The molecule has 0 spiro atoms. The molecule has 0 rings (SSSR count). The van der Waals surface area contributed by atoms with Gasteiger partial charge < -0.3 is 14.6 Å². The number of unbranched alkanes of at least 4 members (excludes halogenated alkanes) is 15. The van der Waals surface area contributed by atoms with Crippen molar-refractivity contribution in [1.29, 1.82) is 0 Å². The summed E-state index contributed by atoms with van der Waals surface area (Å²) < 4.78 is 10.5. The molecule has 0 unspecified atom stereocenters. The van der Waals surface area contributed by atoms with Gasteiger partial charge in [0.2, 0.25) is 0 Å². The molecule has 48 heavy (non-hydrogen) atoms. The average Bonchev–Trinajstić information content (AvgIpc) is 3.06. The van der Waals surface area contributed by atoms with E-state index < -0.39 is 6.10 Å². The smallest absolute Gasteiger partial charge is 0.306 e. The quantitative estimate of drug-likeness (QED) is 0.0240. The standard InChI is InChI=1S/C42H72O6/c1-4-5-26-32-39(44)33-28-23-19-15-11-9-13-17-21-25-30-35-42(46)48-40(36-43)37-47-41(45)34-29-24-20-16-12-8-6-7-10-14-18-22-27-31-38(2)3/h9,11,17,19,21,23,28,33,38,40,43H,4-8,10,12-16,18,20,22,24-27,29-32,34-37H2,1-3H3/b11-9-,21-17-,23-19-,33-28+/t40-/m0/s1. The third kappa shape index (κ3) is 34.9. The molecular formula is C42H72O6. The van der Waals surface area contributed by atoms with Crippen LogP contribution in [0.1, 0.15) is 175 Å². The summed E-state index contributed by atoms with van der Waals surface area (Å²) >= 11 is 0. The molecule has 0 aromatic rings. The number of ether oxygens (including phenoxy) is 2. The highest BCUT2D eigenvalue weighted by Crippen LogP contribution is 2.15. The molecule has 1 atom stereocenters. The Labute approximate surface area is 294 Å². The molecule has 0 aliphatic rings. The van der Waals surface area contributed by atoms with Crippen molar-refractivity contribution in [2.45, 2.75) is 181 Å². The van der Waals surface area contributed by atoms with E-state index in [9.17, 15) is 19.5 Å². The Morgan fingerprint density at radius 3 is 1.75 bits per heavy atom. The molecule has 0 radical (unpaired) electrons. The second-order valence-electron chi connectivity index (χ2n) is 13.5. The van der Waals surface area contributed by atoms with Crippen LogP contribution < -0.4 is 0 Å². The van der Waals surface area contributed by atoms with Gasteiger partial charge in [-0.3, -0.25) is 14.4 Å². The summed E-state index contributed by atoms with van der Waals surface area (Å²) in [5.41, 5.74) is 0. The highest BCUT2D eigenvalue weighted by molar-refractivity contribution is 5.89. The minimum atomic E-state index is -0.817. The first-order valence-electron chi connectivity index (χ1n) is 19.5. The van der Waals surface area contributed by atoms with Crippen molar-refractivity contribution >= 4 is 17.7 Å². The van der Waals surface area contributed by atoms with Gasteiger partial charge in [-0.15, -0.1) is 0 Å². The zero-order valence-corrected chi connectivity index (χ0v) is 31.1. The third-order valence-electron chi connectivity index (χ3n) is 8.28. The summed E-state index contributed by atoms with van der Waals surface area (Å²) in [6.07, 6.45) is 40.1. The van der Waals surface area contributed by atoms with E-state index in [-0.39, 0.29) is 37.4 Å². The fourth-order valence-electron chi connectivity index (χ4n) is 5.27. The van der Waals surface area contributed by atoms with Crippen LogP contribution >= 0.6 is 0 Å². The van der Waals surface area contributed by atoms with Gasteiger partial charge in [0, 0.05) is 19.3 Å². The Morgan fingerprint density at radius 2 is 1.15 bits per heavy atom. The van der Waals surface area contributed by atoms with E-state index >= 15 is 0 Å². The van der Waals surface area contributed by atoms with E-state index in [4.69, 9.17) is 9.47 Å². The van der Waals surface area contributed by atoms with Gasteiger partial charge in [-0.25, -0.2) is 0 Å². The van der Waals surface area contributed by atoms with Gasteiger partial charge >= 0.3 is 11.9 Å². The number of aliphatic hydroxyl groups is 1. The molecule has 0 amide bonds. The zero-order valence-electron chi connectivity index (χ0n) is 31.1. The Balaban J connectivity index is 3.70. The summed E-state index contributed by atoms with van der Waals surface area (Å²) in [5.74, 6) is 0.334. The van der Waals surface area contributed by atoms with E-state index in [1.54, 1.807) is 6.08 Å². The monoisotopic (exact) mass is 673 g/mol. The van der Waals surface area contributed by atoms with Crippen molar-refractivity contribution < 1.29 is 29.0 Å². The topological polar surface area (TPSA) is 89.9 Å². The van der Waals surface area contributed by atoms with Gasteiger partial charge in [-0.2, -0.15) is 0 Å². The van der Waals surface area contributed by atoms with Crippen LogP contribution in [0.4, 0.5) is 0 Å². The molecule has 0 bridgehead atoms. The van der Waals surface area contributed by atoms with Crippen molar-refractivity contribution in [3.63, 3.8) is 0 Å². The second kappa shape index (κ2) is 35.8. The number of hydrogen-bond acceptors (Lipinski definition) is 6. The summed E-state index contributed by atoms with van der Waals surface area (Å²) in [4.78, 5) is 35.9. The fraction of sp³-hybridized carbons (Fsp3) is 0.738. The lowest BCUT2D eigenvalue weighted by atomic mass is 10.0. The predicted octanol–water partition coefficient (Wildman–Crippen LogP) is 11.3. The molecule has 0 heterocycles. The summed E-state index contributed by atoms with van der Waals surface area (Å²) in [6.45, 7) is 6.27. The normalized spacial score (nSPS) is 12.7. The van der Waals surface area contributed by atoms with E-state index in [1.165, 1.54) is 70.6 Å². The third-order valence-corrected chi connectivity index (χ3v) is 8.28. The van der Waals surface area contributed by atoms with Gasteiger partial charge in [0.25, 0.3) is 0 Å². The largest absolute Gasteiger partial charge is 0.462 e. The number of carbonyl (C=O) groups excluding carboxylic acids is 3.